The molecule has 28 heavy (non-hydrogen) atoms. The lowest BCUT2D eigenvalue weighted by Crippen LogP contribution is -2.47. The molecule has 1 fully saturated rings. The van der Waals surface area contributed by atoms with E-state index in [1.165, 1.54) is 17.5 Å². The quantitative estimate of drug-likeness (QED) is 0.828. The molecule has 0 atom stereocenters. The first-order chi connectivity index (χ1) is 13.3. The van der Waals surface area contributed by atoms with Gasteiger partial charge in [0.25, 0.3) is 5.91 Å². The largest absolute Gasteiger partial charge is 0.495 e. The Morgan fingerprint density at radius 1 is 1.07 bits per heavy atom. The molecule has 0 unspecified atom stereocenters. The van der Waals surface area contributed by atoms with E-state index in [9.17, 15) is 13.2 Å². The molecule has 7 nitrogen and oxygen atoms in total. The number of carbonyl (C=O) groups excluding carboxylic acids is 1. The van der Waals surface area contributed by atoms with Crippen molar-refractivity contribution in [2.24, 2.45) is 0 Å². The van der Waals surface area contributed by atoms with Crippen LogP contribution in [0.15, 0.2) is 47.4 Å². The fourth-order valence-corrected chi connectivity index (χ4v) is 4.57. The summed E-state index contributed by atoms with van der Waals surface area (Å²) in [5.41, 5.74) is 1.55. The van der Waals surface area contributed by atoms with Crippen LogP contribution in [0.25, 0.3) is 0 Å². The van der Waals surface area contributed by atoms with Crippen molar-refractivity contribution in [3.63, 3.8) is 0 Å². The predicted octanol–water partition coefficient (Wildman–Crippen LogP) is 2.19. The van der Waals surface area contributed by atoms with Crippen LogP contribution in [0.3, 0.4) is 0 Å². The van der Waals surface area contributed by atoms with Gasteiger partial charge in [0, 0.05) is 31.7 Å². The Kier molecular flexibility index (Phi) is 6.02. The minimum Gasteiger partial charge on any atom is -0.495 e. The van der Waals surface area contributed by atoms with Gasteiger partial charge in [0.15, 0.2) is 0 Å². The molecule has 1 saturated heterocycles. The number of hydrogen-bond acceptors (Lipinski definition) is 5. The first-order valence-electron chi connectivity index (χ1n) is 9.06. The van der Waals surface area contributed by atoms with E-state index in [1.807, 2.05) is 13.1 Å². The summed E-state index contributed by atoms with van der Waals surface area (Å²) in [5.74, 6) is 0.159. The van der Waals surface area contributed by atoms with Crippen LogP contribution < -0.4 is 10.1 Å². The summed E-state index contributed by atoms with van der Waals surface area (Å²) < 4.78 is 32.7. The fraction of sp³-hybridized carbons (Fsp3) is 0.350. The number of nitrogens with zero attached hydrogens (tertiary/aromatic N) is 2. The number of aryl methyl sites for hydroxylation is 1. The number of hydrogen-bond donors (Lipinski definition) is 1. The monoisotopic (exact) mass is 403 g/mol. The van der Waals surface area contributed by atoms with Gasteiger partial charge >= 0.3 is 0 Å². The van der Waals surface area contributed by atoms with Crippen LogP contribution in [-0.2, 0) is 10.0 Å². The molecule has 1 heterocycles. The number of piperazine rings is 1. The third-order valence-corrected chi connectivity index (χ3v) is 6.80. The van der Waals surface area contributed by atoms with Crippen molar-refractivity contribution in [3.8, 4) is 5.75 Å². The highest BCUT2D eigenvalue weighted by atomic mass is 32.2. The first-order valence-corrected chi connectivity index (χ1v) is 10.5. The normalized spacial score (nSPS) is 16.0. The Morgan fingerprint density at radius 2 is 1.75 bits per heavy atom. The van der Waals surface area contributed by atoms with Crippen LogP contribution in [0.1, 0.15) is 15.9 Å². The average Bonchev–Trinajstić information content (AvgIpc) is 2.68. The van der Waals surface area contributed by atoms with E-state index < -0.39 is 10.0 Å². The van der Waals surface area contributed by atoms with Crippen LogP contribution in [-0.4, -0.2) is 63.9 Å². The lowest BCUT2D eigenvalue weighted by molar-refractivity contribution is 0.102. The van der Waals surface area contributed by atoms with Crippen molar-refractivity contribution in [1.29, 1.82) is 0 Å². The van der Waals surface area contributed by atoms with Gasteiger partial charge in [0.05, 0.1) is 17.7 Å². The van der Waals surface area contributed by atoms with Crippen molar-refractivity contribution in [1.82, 2.24) is 9.21 Å². The molecular weight excluding hydrogens is 378 g/mol. The molecule has 2 aromatic rings. The highest BCUT2D eigenvalue weighted by Crippen LogP contribution is 2.25. The summed E-state index contributed by atoms with van der Waals surface area (Å²) in [5, 5.41) is 2.80. The minimum atomic E-state index is -3.64. The number of sulfonamides is 1. The zero-order valence-corrected chi connectivity index (χ0v) is 17.1. The van der Waals surface area contributed by atoms with Gasteiger partial charge in [-0.3, -0.25) is 4.79 Å². The molecule has 0 spiro atoms. The lowest BCUT2D eigenvalue weighted by Gasteiger charge is -2.31. The zero-order valence-electron chi connectivity index (χ0n) is 16.3. The highest BCUT2D eigenvalue weighted by molar-refractivity contribution is 7.89. The number of ether oxygens (including phenoxy) is 1. The second-order valence-electron chi connectivity index (χ2n) is 6.84. The first kappa shape index (κ1) is 20.3. The molecule has 1 amide bonds. The molecule has 1 aliphatic rings. The summed E-state index contributed by atoms with van der Waals surface area (Å²) in [7, 11) is -0.146. The number of rotatable bonds is 5. The Morgan fingerprint density at radius 3 is 2.43 bits per heavy atom. The minimum absolute atomic E-state index is 0.132. The lowest BCUT2D eigenvalue weighted by atomic mass is 10.1. The van der Waals surface area contributed by atoms with Crippen molar-refractivity contribution in [2.75, 3.05) is 45.7 Å². The smallest absolute Gasteiger partial charge is 0.256 e. The Labute approximate surface area is 166 Å². The number of methoxy groups -OCH3 is 1. The van der Waals surface area contributed by atoms with Gasteiger partial charge in [-0.1, -0.05) is 18.2 Å². The molecule has 150 valence electrons. The van der Waals surface area contributed by atoms with Crippen molar-refractivity contribution in [2.45, 2.75) is 11.8 Å². The van der Waals surface area contributed by atoms with Gasteiger partial charge in [-0.2, -0.15) is 4.31 Å². The summed E-state index contributed by atoms with van der Waals surface area (Å²) in [6.45, 7) is 4.03. The number of para-hydroxylation sites is 2. The zero-order chi connectivity index (χ0) is 20.3. The molecule has 1 N–H and O–H groups in total. The van der Waals surface area contributed by atoms with E-state index in [2.05, 4.69) is 10.2 Å². The topological polar surface area (TPSA) is 78.9 Å². The Hall–Kier alpha value is -2.42. The number of anilines is 1. The van der Waals surface area contributed by atoms with Crippen LogP contribution in [0.4, 0.5) is 5.69 Å². The molecule has 0 bridgehead atoms. The van der Waals surface area contributed by atoms with Gasteiger partial charge in [-0.15, -0.1) is 0 Å². The van der Waals surface area contributed by atoms with Crippen LogP contribution >= 0.6 is 0 Å². The maximum Gasteiger partial charge on any atom is 0.256 e. The van der Waals surface area contributed by atoms with Gasteiger partial charge in [-0.05, 0) is 43.8 Å². The Bertz CT molecular complexity index is 967. The van der Waals surface area contributed by atoms with E-state index in [0.717, 1.165) is 0 Å². The third-order valence-electron chi connectivity index (χ3n) is 4.91. The SMILES string of the molecule is COc1ccccc1NC(=O)c1cc(S(=O)(=O)N2CCN(C)CC2)ccc1C. The molecule has 0 aliphatic carbocycles. The second kappa shape index (κ2) is 8.30. The molecule has 8 heteroatoms. The summed E-state index contributed by atoms with van der Waals surface area (Å²) in [6.07, 6.45) is 0. The van der Waals surface area contributed by atoms with Crippen molar-refractivity contribution < 1.29 is 17.9 Å². The number of carbonyl (C=O) groups is 1. The molecule has 1 aliphatic heterocycles. The van der Waals surface area contributed by atoms with Crippen LogP contribution in [0.2, 0.25) is 0 Å². The molecule has 0 radical (unpaired) electrons. The van der Waals surface area contributed by atoms with E-state index in [1.54, 1.807) is 37.3 Å². The van der Waals surface area contributed by atoms with Gasteiger partial charge in [0.2, 0.25) is 10.0 Å². The van der Waals surface area contributed by atoms with Gasteiger partial charge < -0.3 is 15.0 Å². The Balaban J connectivity index is 1.88. The molecule has 2 aromatic carbocycles. The predicted molar refractivity (Wildman–Crippen MR) is 108 cm³/mol. The molecule has 0 aromatic heterocycles. The molecular formula is C20H25N3O4S. The average molecular weight is 404 g/mol. The van der Waals surface area contributed by atoms with E-state index in [4.69, 9.17) is 4.74 Å². The number of benzene rings is 2. The summed E-state index contributed by atoms with van der Waals surface area (Å²) in [4.78, 5) is 15.0. The summed E-state index contributed by atoms with van der Waals surface area (Å²) in [6, 6.07) is 11.8. The van der Waals surface area contributed by atoms with Gasteiger partial charge in [0.1, 0.15) is 5.75 Å². The van der Waals surface area contributed by atoms with Gasteiger partial charge in [-0.25, -0.2) is 8.42 Å². The maximum atomic E-state index is 13.0. The fourth-order valence-electron chi connectivity index (χ4n) is 3.12. The van der Waals surface area contributed by atoms with E-state index in [-0.39, 0.29) is 10.8 Å². The van der Waals surface area contributed by atoms with Crippen LogP contribution in [0.5, 0.6) is 5.75 Å². The van der Waals surface area contributed by atoms with Crippen molar-refractivity contribution in [3.05, 3.63) is 53.6 Å². The molecule has 0 saturated carbocycles. The van der Waals surface area contributed by atoms with Crippen LogP contribution in [0, 0.1) is 6.92 Å². The third kappa shape index (κ3) is 4.19. The number of nitrogens with one attached hydrogen (secondary N) is 1. The standard InChI is InChI=1S/C20H25N3O4S/c1-15-8-9-16(28(25,26)23-12-10-22(2)11-13-23)14-17(15)20(24)21-18-6-4-5-7-19(18)27-3/h4-9,14H,10-13H2,1-3H3,(H,21,24). The van der Waals surface area contributed by atoms with E-state index >= 15 is 0 Å². The van der Waals surface area contributed by atoms with Crippen molar-refractivity contribution >= 4 is 21.6 Å². The highest BCUT2D eigenvalue weighted by Gasteiger charge is 2.28. The number of amides is 1. The van der Waals surface area contributed by atoms with E-state index in [0.29, 0.717) is 48.7 Å². The maximum absolute atomic E-state index is 13.0. The second-order valence-corrected chi connectivity index (χ2v) is 8.78. The molecule has 3 rings (SSSR count). The summed E-state index contributed by atoms with van der Waals surface area (Å²) >= 11 is 0. The number of likely N-dealkylation sites (N-methyl/N-ethyl adjacent to an activating group) is 1.